The maximum atomic E-state index is 13.8. The molecule has 11 heteroatoms. The number of nitrogens with one attached hydrogen (secondary N) is 2. The lowest BCUT2D eigenvalue weighted by molar-refractivity contribution is 0.122. The van der Waals surface area contributed by atoms with Gasteiger partial charge in [0.05, 0.1) is 25.0 Å². The van der Waals surface area contributed by atoms with Crippen molar-refractivity contribution in [3.8, 4) is 0 Å². The minimum absolute atomic E-state index is 0.0640. The number of benzene rings is 2. The van der Waals surface area contributed by atoms with Gasteiger partial charge in [0.1, 0.15) is 17.5 Å². The topological polar surface area (TPSA) is 87.6 Å². The standard InChI is InChI=1S/C20H18F3N7O/c21-13-4-6-14(7-5-13)25-18-26-19(28-20(27-18)30-8-10-31-11-9-30)29-24-12-15-16(22)2-1-3-17(15)23/h1-7,12H,8-11H2,(H2,25,26,27,28,29). The molecule has 0 spiro atoms. The van der Waals surface area contributed by atoms with Crippen molar-refractivity contribution < 1.29 is 17.9 Å². The summed E-state index contributed by atoms with van der Waals surface area (Å²) in [6, 6.07) is 9.23. The summed E-state index contributed by atoms with van der Waals surface area (Å²) in [6.45, 7) is 2.23. The highest BCUT2D eigenvalue weighted by atomic mass is 19.1. The molecule has 160 valence electrons. The third kappa shape index (κ3) is 5.25. The highest BCUT2D eigenvalue weighted by Gasteiger charge is 2.17. The fraction of sp³-hybridized carbons (Fsp3) is 0.200. The number of ether oxygens (including phenoxy) is 1. The van der Waals surface area contributed by atoms with Crippen LogP contribution >= 0.6 is 0 Å². The van der Waals surface area contributed by atoms with Crippen LogP contribution in [0.4, 0.5) is 36.7 Å². The van der Waals surface area contributed by atoms with Gasteiger partial charge in [0.15, 0.2) is 0 Å². The molecule has 0 unspecified atom stereocenters. The van der Waals surface area contributed by atoms with E-state index in [2.05, 4.69) is 30.8 Å². The van der Waals surface area contributed by atoms with E-state index in [1.807, 2.05) is 4.90 Å². The number of anilines is 4. The number of morpholine rings is 1. The van der Waals surface area contributed by atoms with Crippen molar-refractivity contribution in [1.29, 1.82) is 0 Å². The van der Waals surface area contributed by atoms with Crippen molar-refractivity contribution in [2.45, 2.75) is 0 Å². The number of hydrogen-bond acceptors (Lipinski definition) is 8. The Balaban J connectivity index is 1.59. The van der Waals surface area contributed by atoms with Crippen molar-refractivity contribution in [3.05, 3.63) is 65.5 Å². The van der Waals surface area contributed by atoms with Crippen LogP contribution in [0.15, 0.2) is 47.6 Å². The Morgan fingerprint density at radius 2 is 1.58 bits per heavy atom. The van der Waals surface area contributed by atoms with Crippen LogP contribution in [0.25, 0.3) is 0 Å². The summed E-state index contributed by atoms with van der Waals surface area (Å²) in [6.07, 6.45) is 1.01. The smallest absolute Gasteiger partial charge is 0.250 e. The molecule has 1 aliphatic rings. The minimum Gasteiger partial charge on any atom is -0.378 e. The minimum atomic E-state index is -0.742. The van der Waals surface area contributed by atoms with E-state index < -0.39 is 11.6 Å². The molecule has 31 heavy (non-hydrogen) atoms. The van der Waals surface area contributed by atoms with Crippen molar-refractivity contribution >= 4 is 29.7 Å². The molecule has 2 N–H and O–H groups in total. The number of halogens is 3. The van der Waals surface area contributed by atoms with E-state index in [4.69, 9.17) is 4.74 Å². The molecular formula is C20H18F3N7O. The van der Waals surface area contributed by atoms with E-state index in [-0.39, 0.29) is 23.3 Å². The van der Waals surface area contributed by atoms with Gasteiger partial charge in [-0.3, -0.25) is 0 Å². The molecular weight excluding hydrogens is 411 g/mol. The predicted octanol–water partition coefficient (Wildman–Crippen LogP) is 3.32. The zero-order chi connectivity index (χ0) is 21.6. The molecule has 0 atom stereocenters. The number of aromatic nitrogens is 3. The zero-order valence-electron chi connectivity index (χ0n) is 16.2. The fourth-order valence-corrected chi connectivity index (χ4v) is 2.83. The molecule has 4 rings (SSSR count). The van der Waals surface area contributed by atoms with E-state index in [0.29, 0.717) is 37.9 Å². The number of hydrazone groups is 1. The Morgan fingerprint density at radius 1 is 0.903 bits per heavy atom. The first-order valence-electron chi connectivity index (χ1n) is 9.43. The highest BCUT2D eigenvalue weighted by molar-refractivity contribution is 5.80. The van der Waals surface area contributed by atoms with Crippen LogP contribution in [-0.2, 0) is 4.74 Å². The van der Waals surface area contributed by atoms with Gasteiger partial charge in [-0.05, 0) is 36.4 Å². The van der Waals surface area contributed by atoms with E-state index in [1.165, 1.54) is 18.2 Å². The Kier molecular flexibility index (Phi) is 6.22. The second kappa shape index (κ2) is 9.39. The summed E-state index contributed by atoms with van der Waals surface area (Å²) in [5, 5.41) is 6.83. The van der Waals surface area contributed by atoms with E-state index >= 15 is 0 Å². The molecule has 1 fully saturated rings. The molecule has 1 aliphatic heterocycles. The Bertz CT molecular complexity index is 1050. The molecule has 8 nitrogen and oxygen atoms in total. The van der Waals surface area contributed by atoms with Gasteiger partial charge in [0, 0.05) is 18.8 Å². The predicted molar refractivity (Wildman–Crippen MR) is 110 cm³/mol. The van der Waals surface area contributed by atoms with Crippen LogP contribution in [0, 0.1) is 17.5 Å². The van der Waals surface area contributed by atoms with E-state index in [0.717, 1.165) is 18.3 Å². The summed E-state index contributed by atoms with van der Waals surface area (Å²) in [4.78, 5) is 14.9. The molecule has 0 amide bonds. The Labute approximate surface area is 175 Å². The summed E-state index contributed by atoms with van der Waals surface area (Å²) in [5.41, 5.74) is 2.86. The number of hydrogen-bond donors (Lipinski definition) is 2. The van der Waals surface area contributed by atoms with Gasteiger partial charge in [-0.25, -0.2) is 18.6 Å². The van der Waals surface area contributed by atoms with Crippen molar-refractivity contribution in [2.75, 3.05) is 41.9 Å². The number of rotatable bonds is 6. The third-order valence-electron chi connectivity index (χ3n) is 4.38. The number of nitrogens with zero attached hydrogens (tertiary/aromatic N) is 5. The van der Waals surface area contributed by atoms with Crippen LogP contribution < -0.4 is 15.6 Å². The van der Waals surface area contributed by atoms with Crippen LogP contribution in [-0.4, -0.2) is 47.5 Å². The Morgan fingerprint density at radius 3 is 2.29 bits per heavy atom. The quantitative estimate of drug-likeness (QED) is 0.459. The first-order chi connectivity index (χ1) is 15.1. The van der Waals surface area contributed by atoms with Gasteiger partial charge in [0.25, 0.3) is 0 Å². The summed E-state index contributed by atoms with van der Waals surface area (Å²) >= 11 is 0. The van der Waals surface area contributed by atoms with Crippen molar-refractivity contribution in [2.24, 2.45) is 5.10 Å². The molecule has 2 heterocycles. The van der Waals surface area contributed by atoms with Crippen molar-refractivity contribution in [1.82, 2.24) is 15.0 Å². The van der Waals surface area contributed by atoms with Gasteiger partial charge in [-0.2, -0.15) is 20.1 Å². The van der Waals surface area contributed by atoms with Crippen molar-refractivity contribution in [3.63, 3.8) is 0 Å². The third-order valence-corrected chi connectivity index (χ3v) is 4.38. The van der Waals surface area contributed by atoms with Gasteiger partial charge < -0.3 is 15.0 Å². The molecule has 1 aromatic heterocycles. The average molecular weight is 429 g/mol. The molecule has 0 bridgehead atoms. The van der Waals surface area contributed by atoms with Crippen LogP contribution in [0.1, 0.15) is 5.56 Å². The summed E-state index contributed by atoms with van der Waals surface area (Å²) in [5.74, 6) is -1.22. The lowest BCUT2D eigenvalue weighted by atomic mass is 10.2. The summed E-state index contributed by atoms with van der Waals surface area (Å²) < 4.78 is 46.0. The lowest BCUT2D eigenvalue weighted by Gasteiger charge is -2.27. The van der Waals surface area contributed by atoms with E-state index in [9.17, 15) is 13.2 Å². The highest BCUT2D eigenvalue weighted by Crippen LogP contribution is 2.19. The second-order valence-electron chi connectivity index (χ2n) is 6.52. The molecule has 3 aromatic rings. The molecule has 2 aromatic carbocycles. The first-order valence-corrected chi connectivity index (χ1v) is 9.43. The largest absolute Gasteiger partial charge is 0.378 e. The van der Waals surface area contributed by atoms with Gasteiger partial charge in [0.2, 0.25) is 17.8 Å². The SMILES string of the molecule is Fc1ccc(Nc2nc(NN=Cc3c(F)cccc3F)nc(N3CCOCC3)n2)cc1. The second-order valence-corrected chi connectivity index (χ2v) is 6.52. The van der Waals surface area contributed by atoms with Crippen LogP contribution in [0.2, 0.25) is 0 Å². The molecule has 1 saturated heterocycles. The van der Waals surface area contributed by atoms with E-state index in [1.54, 1.807) is 12.1 Å². The van der Waals surface area contributed by atoms with Crippen LogP contribution in [0.5, 0.6) is 0 Å². The van der Waals surface area contributed by atoms with Gasteiger partial charge >= 0.3 is 0 Å². The maximum absolute atomic E-state index is 13.8. The summed E-state index contributed by atoms with van der Waals surface area (Å²) in [7, 11) is 0. The monoisotopic (exact) mass is 429 g/mol. The normalized spacial score (nSPS) is 14.1. The lowest BCUT2D eigenvalue weighted by Crippen LogP contribution is -2.37. The zero-order valence-corrected chi connectivity index (χ0v) is 16.2. The average Bonchev–Trinajstić information content (AvgIpc) is 2.78. The Hall–Kier alpha value is -3.73. The molecule has 0 radical (unpaired) electrons. The first kappa shape index (κ1) is 20.5. The van der Waals surface area contributed by atoms with Crippen LogP contribution in [0.3, 0.4) is 0 Å². The molecule has 0 saturated carbocycles. The fourth-order valence-electron chi connectivity index (χ4n) is 2.83. The van der Waals surface area contributed by atoms with Gasteiger partial charge in [-0.1, -0.05) is 6.07 Å². The molecule has 0 aliphatic carbocycles. The maximum Gasteiger partial charge on any atom is 0.250 e. The van der Waals surface area contributed by atoms with Gasteiger partial charge in [-0.15, -0.1) is 0 Å².